The highest BCUT2D eigenvalue weighted by Gasteiger charge is 2.27. The standard InChI is InChI=1S/C14H18N2O4/c17-9-11-4-2-6-13(11)15-14(18)8-10-3-1-5-12(7-10)16(19)20/h1,3,5,7,11,13,17H,2,4,6,8-9H2,(H,15,18). The van der Waals surface area contributed by atoms with Crippen LogP contribution in [0.25, 0.3) is 0 Å². The third kappa shape index (κ3) is 3.54. The minimum absolute atomic E-state index is 0.00981. The van der Waals surface area contributed by atoms with Gasteiger partial charge in [-0.05, 0) is 18.4 Å². The van der Waals surface area contributed by atoms with Crippen LogP contribution in [0, 0.1) is 16.0 Å². The first kappa shape index (κ1) is 14.5. The van der Waals surface area contributed by atoms with Crippen molar-refractivity contribution >= 4 is 11.6 Å². The molecule has 6 nitrogen and oxygen atoms in total. The Morgan fingerprint density at radius 1 is 1.45 bits per heavy atom. The molecule has 0 radical (unpaired) electrons. The molecule has 1 aromatic carbocycles. The SMILES string of the molecule is O=C(Cc1cccc([N+](=O)[O-])c1)NC1CCCC1CO. The Morgan fingerprint density at radius 2 is 2.25 bits per heavy atom. The number of rotatable bonds is 5. The van der Waals surface area contributed by atoms with Crippen molar-refractivity contribution < 1.29 is 14.8 Å². The number of nitrogens with one attached hydrogen (secondary N) is 1. The number of hydrogen-bond acceptors (Lipinski definition) is 4. The van der Waals surface area contributed by atoms with Crippen LogP contribution in [0.4, 0.5) is 5.69 Å². The highest BCUT2D eigenvalue weighted by Crippen LogP contribution is 2.25. The summed E-state index contributed by atoms with van der Waals surface area (Å²) >= 11 is 0. The molecule has 1 aliphatic rings. The molecule has 108 valence electrons. The van der Waals surface area contributed by atoms with Gasteiger partial charge in [-0.2, -0.15) is 0 Å². The average molecular weight is 278 g/mol. The van der Waals surface area contributed by atoms with E-state index < -0.39 is 4.92 Å². The number of benzene rings is 1. The van der Waals surface area contributed by atoms with Gasteiger partial charge in [0, 0.05) is 30.7 Å². The van der Waals surface area contributed by atoms with Crippen LogP contribution >= 0.6 is 0 Å². The van der Waals surface area contributed by atoms with Crippen LogP contribution in [0.2, 0.25) is 0 Å². The number of nitro groups is 1. The molecule has 0 aliphatic heterocycles. The number of hydrogen-bond donors (Lipinski definition) is 2. The number of nitro benzene ring substituents is 1. The molecule has 2 unspecified atom stereocenters. The van der Waals surface area contributed by atoms with Crippen LogP contribution in [0.3, 0.4) is 0 Å². The normalized spacial score (nSPS) is 21.6. The first-order valence-corrected chi connectivity index (χ1v) is 6.73. The first-order chi connectivity index (χ1) is 9.60. The fraction of sp³-hybridized carbons (Fsp3) is 0.500. The van der Waals surface area contributed by atoms with E-state index in [-0.39, 0.29) is 36.6 Å². The van der Waals surface area contributed by atoms with Crippen molar-refractivity contribution in [3.05, 3.63) is 39.9 Å². The van der Waals surface area contributed by atoms with Crippen LogP contribution in [0.15, 0.2) is 24.3 Å². The Kier molecular flexibility index (Phi) is 4.68. The molecule has 1 fully saturated rings. The lowest BCUT2D eigenvalue weighted by Gasteiger charge is -2.18. The largest absolute Gasteiger partial charge is 0.396 e. The maximum atomic E-state index is 11.9. The molecule has 0 bridgehead atoms. The third-order valence-corrected chi connectivity index (χ3v) is 3.73. The molecular weight excluding hydrogens is 260 g/mol. The molecule has 0 heterocycles. The summed E-state index contributed by atoms with van der Waals surface area (Å²) in [6.07, 6.45) is 2.94. The lowest BCUT2D eigenvalue weighted by Crippen LogP contribution is -2.39. The minimum atomic E-state index is -0.472. The highest BCUT2D eigenvalue weighted by molar-refractivity contribution is 5.79. The maximum absolute atomic E-state index is 11.9. The monoisotopic (exact) mass is 278 g/mol. The zero-order valence-electron chi connectivity index (χ0n) is 11.1. The molecule has 20 heavy (non-hydrogen) atoms. The lowest BCUT2D eigenvalue weighted by molar-refractivity contribution is -0.384. The van der Waals surface area contributed by atoms with E-state index in [0.29, 0.717) is 5.56 Å². The summed E-state index contributed by atoms with van der Waals surface area (Å²) in [5.41, 5.74) is 0.611. The van der Waals surface area contributed by atoms with Crippen LogP contribution in [0.1, 0.15) is 24.8 Å². The van der Waals surface area contributed by atoms with E-state index >= 15 is 0 Å². The van der Waals surface area contributed by atoms with Gasteiger partial charge < -0.3 is 10.4 Å². The summed E-state index contributed by atoms with van der Waals surface area (Å²) in [4.78, 5) is 22.2. The van der Waals surface area contributed by atoms with Gasteiger partial charge in [-0.15, -0.1) is 0 Å². The Hall–Kier alpha value is -1.95. The summed E-state index contributed by atoms with van der Waals surface area (Å²) in [5.74, 6) is -0.0279. The number of non-ortho nitro benzene ring substituents is 1. The van der Waals surface area contributed by atoms with Gasteiger partial charge in [0.15, 0.2) is 0 Å². The molecule has 0 saturated heterocycles. The topological polar surface area (TPSA) is 92.5 Å². The molecule has 6 heteroatoms. The van der Waals surface area contributed by atoms with Crippen molar-refractivity contribution in [3.63, 3.8) is 0 Å². The van der Waals surface area contributed by atoms with E-state index in [9.17, 15) is 20.0 Å². The Labute approximate surface area is 117 Å². The van der Waals surface area contributed by atoms with Gasteiger partial charge in [-0.1, -0.05) is 18.6 Å². The molecule has 1 saturated carbocycles. The molecule has 1 amide bonds. The van der Waals surface area contributed by atoms with Crippen LogP contribution < -0.4 is 5.32 Å². The Morgan fingerprint density at radius 3 is 2.95 bits per heavy atom. The predicted molar refractivity (Wildman–Crippen MR) is 73.2 cm³/mol. The van der Waals surface area contributed by atoms with Crippen LogP contribution in [0.5, 0.6) is 0 Å². The van der Waals surface area contributed by atoms with Gasteiger partial charge >= 0.3 is 0 Å². The smallest absolute Gasteiger partial charge is 0.269 e. The molecule has 0 spiro atoms. The quantitative estimate of drug-likeness (QED) is 0.629. The van der Waals surface area contributed by atoms with E-state index in [0.717, 1.165) is 19.3 Å². The third-order valence-electron chi connectivity index (χ3n) is 3.73. The van der Waals surface area contributed by atoms with Gasteiger partial charge in [0.1, 0.15) is 0 Å². The summed E-state index contributed by atoms with van der Waals surface area (Å²) in [6.45, 7) is 0.0851. The summed E-state index contributed by atoms with van der Waals surface area (Å²) in [7, 11) is 0. The first-order valence-electron chi connectivity index (χ1n) is 6.73. The van der Waals surface area contributed by atoms with Crippen molar-refractivity contribution in [2.45, 2.75) is 31.7 Å². The maximum Gasteiger partial charge on any atom is 0.269 e. The molecule has 1 aromatic rings. The zero-order valence-corrected chi connectivity index (χ0v) is 11.1. The second kappa shape index (κ2) is 6.47. The van der Waals surface area contributed by atoms with Gasteiger partial charge in [-0.25, -0.2) is 0 Å². The van der Waals surface area contributed by atoms with Gasteiger partial charge in [0.05, 0.1) is 11.3 Å². The molecule has 2 N–H and O–H groups in total. The van der Waals surface area contributed by atoms with Crippen molar-refractivity contribution in [1.29, 1.82) is 0 Å². The number of aliphatic hydroxyl groups excluding tert-OH is 1. The Bertz CT molecular complexity index is 504. The van der Waals surface area contributed by atoms with Crippen molar-refractivity contribution in [1.82, 2.24) is 5.32 Å². The van der Waals surface area contributed by atoms with Crippen molar-refractivity contribution in [2.75, 3.05) is 6.61 Å². The van der Waals surface area contributed by atoms with E-state index in [1.165, 1.54) is 12.1 Å². The Balaban J connectivity index is 1.94. The summed E-state index contributed by atoms with van der Waals surface area (Å²) < 4.78 is 0. The van der Waals surface area contributed by atoms with E-state index in [4.69, 9.17) is 0 Å². The number of amides is 1. The van der Waals surface area contributed by atoms with Gasteiger partial charge in [0.2, 0.25) is 5.91 Å². The second-order valence-corrected chi connectivity index (χ2v) is 5.15. The minimum Gasteiger partial charge on any atom is -0.396 e. The average Bonchev–Trinajstić information content (AvgIpc) is 2.86. The van der Waals surface area contributed by atoms with Crippen LogP contribution in [-0.4, -0.2) is 28.6 Å². The second-order valence-electron chi connectivity index (χ2n) is 5.15. The van der Waals surface area contributed by atoms with E-state index in [1.54, 1.807) is 12.1 Å². The number of carbonyl (C=O) groups is 1. The van der Waals surface area contributed by atoms with E-state index in [1.807, 2.05) is 0 Å². The number of nitrogens with zero attached hydrogens (tertiary/aromatic N) is 1. The van der Waals surface area contributed by atoms with Gasteiger partial charge in [-0.3, -0.25) is 14.9 Å². The molecule has 1 aliphatic carbocycles. The molecule has 2 rings (SSSR count). The zero-order chi connectivity index (χ0) is 14.5. The fourth-order valence-corrected chi connectivity index (χ4v) is 2.67. The summed E-state index contributed by atoms with van der Waals surface area (Å²) in [5, 5.41) is 22.8. The number of carbonyl (C=O) groups excluding carboxylic acids is 1. The molecule has 0 aromatic heterocycles. The summed E-state index contributed by atoms with van der Waals surface area (Å²) in [6, 6.07) is 6.11. The predicted octanol–water partition coefficient (Wildman–Crippen LogP) is 1.41. The lowest BCUT2D eigenvalue weighted by atomic mass is 10.0. The van der Waals surface area contributed by atoms with Gasteiger partial charge in [0.25, 0.3) is 5.69 Å². The molecular formula is C14H18N2O4. The van der Waals surface area contributed by atoms with E-state index in [2.05, 4.69) is 5.32 Å². The van der Waals surface area contributed by atoms with Crippen LogP contribution in [-0.2, 0) is 11.2 Å². The highest BCUT2D eigenvalue weighted by atomic mass is 16.6. The van der Waals surface area contributed by atoms with Crippen molar-refractivity contribution in [3.8, 4) is 0 Å². The number of aliphatic hydroxyl groups is 1. The fourth-order valence-electron chi connectivity index (χ4n) is 2.67. The van der Waals surface area contributed by atoms with Crippen molar-refractivity contribution in [2.24, 2.45) is 5.92 Å². The molecule has 2 atom stereocenters.